The number of nitrogens with one attached hydrogen (secondary N) is 2. The van der Waals surface area contributed by atoms with Crippen molar-refractivity contribution in [3.63, 3.8) is 0 Å². The molecule has 0 amide bonds. The molecule has 0 spiro atoms. The van der Waals surface area contributed by atoms with Crippen LogP contribution in [-0.4, -0.2) is 55.6 Å². The van der Waals surface area contributed by atoms with Gasteiger partial charge < -0.3 is 15.5 Å². The van der Waals surface area contributed by atoms with Gasteiger partial charge in [-0.05, 0) is 31.0 Å². The minimum absolute atomic E-state index is 0. The maximum atomic E-state index is 4.65. The van der Waals surface area contributed by atoms with Gasteiger partial charge in [0.1, 0.15) is 5.82 Å². The molecule has 0 saturated carbocycles. The lowest BCUT2D eigenvalue weighted by molar-refractivity contribution is 0.258. The van der Waals surface area contributed by atoms with Crippen molar-refractivity contribution in [2.75, 3.05) is 32.6 Å². The second-order valence-electron chi connectivity index (χ2n) is 7.65. The number of rotatable bonds is 6. The van der Waals surface area contributed by atoms with Crippen molar-refractivity contribution in [2.24, 2.45) is 4.99 Å². The fourth-order valence-electron chi connectivity index (χ4n) is 3.62. The number of likely N-dealkylation sites (tertiary alicyclic amines) is 1. The molecule has 2 atom stereocenters. The Morgan fingerprint density at radius 3 is 2.62 bits per heavy atom. The van der Waals surface area contributed by atoms with Gasteiger partial charge in [0.25, 0.3) is 0 Å². The van der Waals surface area contributed by atoms with Crippen LogP contribution >= 0.6 is 24.0 Å². The van der Waals surface area contributed by atoms with Crippen LogP contribution in [0.1, 0.15) is 24.6 Å². The SMILES string of the molecule is CN=C(NCc1cccc(N(C)C)n1)NC1CC(C)N(Cc2ccccc2)C1.I. The first-order chi connectivity index (χ1) is 13.5. The zero-order chi connectivity index (χ0) is 19.9. The average Bonchev–Trinajstić information content (AvgIpc) is 3.05. The van der Waals surface area contributed by atoms with Crippen LogP contribution in [0.2, 0.25) is 0 Å². The van der Waals surface area contributed by atoms with E-state index in [4.69, 9.17) is 0 Å². The first kappa shape index (κ1) is 23.4. The third kappa shape index (κ3) is 6.85. The first-order valence-corrected chi connectivity index (χ1v) is 9.93. The Bertz CT molecular complexity index is 780. The number of halogens is 1. The second kappa shape index (κ2) is 11.3. The van der Waals surface area contributed by atoms with E-state index in [1.54, 1.807) is 0 Å². The van der Waals surface area contributed by atoms with Gasteiger partial charge in [-0.1, -0.05) is 36.4 Å². The van der Waals surface area contributed by atoms with Gasteiger partial charge in [0.05, 0.1) is 12.2 Å². The quantitative estimate of drug-likeness (QED) is 0.357. The van der Waals surface area contributed by atoms with E-state index in [-0.39, 0.29) is 24.0 Å². The highest BCUT2D eigenvalue weighted by molar-refractivity contribution is 14.0. The van der Waals surface area contributed by atoms with Crippen LogP contribution in [0.3, 0.4) is 0 Å². The van der Waals surface area contributed by atoms with Crippen LogP contribution in [0.4, 0.5) is 5.82 Å². The molecule has 1 aliphatic rings. The summed E-state index contributed by atoms with van der Waals surface area (Å²) in [6, 6.07) is 17.7. The van der Waals surface area contributed by atoms with Gasteiger partial charge in [-0.15, -0.1) is 24.0 Å². The van der Waals surface area contributed by atoms with Gasteiger partial charge >= 0.3 is 0 Å². The third-order valence-corrected chi connectivity index (χ3v) is 5.18. The van der Waals surface area contributed by atoms with E-state index >= 15 is 0 Å². The Morgan fingerprint density at radius 2 is 1.93 bits per heavy atom. The molecule has 2 heterocycles. The van der Waals surface area contributed by atoms with E-state index in [9.17, 15) is 0 Å². The van der Waals surface area contributed by atoms with Crippen LogP contribution in [0.15, 0.2) is 53.5 Å². The summed E-state index contributed by atoms with van der Waals surface area (Å²) in [6.07, 6.45) is 1.11. The predicted octanol–water partition coefficient (Wildman–Crippen LogP) is 3.09. The highest BCUT2D eigenvalue weighted by Gasteiger charge is 2.29. The van der Waals surface area contributed by atoms with Crippen LogP contribution in [-0.2, 0) is 13.1 Å². The van der Waals surface area contributed by atoms with Gasteiger partial charge in [-0.3, -0.25) is 9.89 Å². The van der Waals surface area contributed by atoms with Gasteiger partial charge in [0.15, 0.2) is 5.96 Å². The molecular formula is C22H33IN6. The molecule has 1 saturated heterocycles. The van der Waals surface area contributed by atoms with Crippen LogP contribution in [0, 0.1) is 0 Å². The number of aliphatic imine (C=N–C) groups is 1. The summed E-state index contributed by atoms with van der Waals surface area (Å²) in [7, 11) is 5.82. The lowest BCUT2D eigenvalue weighted by Crippen LogP contribution is -2.44. The van der Waals surface area contributed by atoms with Crippen LogP contribution in [0.5, 0.6) is 0 Å². The first-order valence-electron chi connectivity index (χ1n) is 9.93. The minimum Gasteiger partial charge on any atom is -0.363 e. The Morgan fingerprint density at radius 1 is 1.17 bits per heavy atom. The van der Waals surface area contributed by atoms with Crippen LogP contribution < -0.4 is 15.5 Å². The zero-order valence-corrected chi connectivity index (χ0v) is 20.1. The third-order valence-electron chi connectivity index (χ3n) is 5.18. The molecule has 29 heavy (non-hydrogen) atoms. The van der Waals surface area contributed by atoms with Crippen molar-refractivity contribution in [1.29, 1.82) is 0 Å². The van der Waals surface area contributed by atoms with Gasteiger partial charge in [0.2, 0.25) is 0 Å². The Kier molecular flexibility index (Phi) is 9.16. The molecule has 1 aliphatic heterocycles. The monoisotopic (exact) mass is 508 g/mol. The maximum Gasteiger partial charge on any atom is 0.191 e. The van der Waals surface area contributed by atoms with Crippen molar-refractivity contribution in [3.8, 4) is 0 Å². The molecule has 0 bridgehead atoms. The van der Waals surface area contributed by atoms with Crippen LogP contribution in [0.25, 0.3) is 0 Å². The van der Waals surface area contributed by atoms with Crippen molar-refractivity contribution < 1.29 is 0 Å². The van der Waals surface area contributed by atoms with Gasteiger partial charge in [-0.25, -0.2) is 4.98 Å². The number of nitrogens with zero attached hydrogens (tertiary/aromatic N) is 4. The summed E-state index contributed by atoms with van der Waals surface area (Å²) in [4.78, 5) is 13.6. The molecule has 3 rings (SSSR count). The number of hydrogen-bond acceptors (Lipinski definition) is 4. The molecule has 7 heteroatoms. The highest BCUT2D eigenvalue weighted by atomic mass is 127. The normalized spacial score (nSPS) is 19.5. The Labute approximate surface area is 191 Å². The standard InChI is InChI=1S/C22H32N6.HI/c1-17-13-20(16-28(17)15-18-9-6-5-7-10-18)26-22(23-2)24-14-19-11-8-12-21(25-19)27(3)4;/h5-12,17,20H,13-16H2,1-4H3,(H2,23,24,26);1H. The van der Waals surface area contributed by atoms with E-state index in [1.165, 1.54) is 5.56 Å². The second-order valence-corrected chi connectivity index (χ2v) is 7.65. The molecule has 0 aliphatic carbocycles. The van der Waals surface area contributed by atoms with Crippen molar-refractivity contribution in [3.05, 3.63) is 59.8 Å². The predicted molar refractivity (Wildman–Crippen MR) is 132 cm³/mol. The molecule has 1 fully saturated rings. The molecular weight excluding hydrogens is 475 g/mol. The van der Waals surface area contributed by atoms with E-state index in [2.05, 4.69) is 62.8 Å². The smallest absolute Gasteiger partial charge is 0.191 e. The maximum absolute atomic E-state index is 4.65. The van der Waals surface area contributed by atoms with E-state index < -0.39 is 0 Å². The Hall–Kier alpha value is -1.87. The molecule has 2 aromatic rings. The minimum atomic E-state index is 0. The van der Waals surface area contributed by atoms with Crippen molar-refractivity contribution in [2.45, 2.75) is 38.5 Å². The molecule has 0 radical (unpaired) electrons. The number of hydrogen-bond donors (Lipinski definition) is 2. The van der Waals surface area contributed by atoms with E-state index in [1.807, 2.05) is 44.2 Å². The topological polar surface area (TPSA) is 55.8 Å². The zero-order valence-electron chi connectivity index (χ0n) is 17.8. The molecule has 6 nitrogen and oxygen atoms in total. The van der Waals surface area contributed by atoms with Crippen molar-refractivity contribution >= 4 is 35.8 Å². The molecule has 158 valence electrons. The number of aromatic nitrogens is 1. The highest BCUT2D eigenvalue weighted by Crippen LogP contribution is 2.20. The summed E-state index contributed by atoms with van der Waals surface area (Å²) < 4.78 is 0. The number of guanidine groups is 1. The largest absolute Gasteiger partial charge is 0.363 e. The van der Waals surface area contributed by atoms with Gasteiger partial charge in [0, 0.05) is 46.3 Å². The molecule has 1 aromatic heterocycles. The summed E-state index contributed by atoms with van der Waals surface area (Å²) in [5.41, 5.74) is 2.36. The number of pyridine rings is 1. The lowest BCUT2D eigenvalue weighted by atomic mass is 10.2. The number of anilines is 1. The fraction of sp³-hybridized carbons (Fsp3) is 0.455. The summed E-state index contributed by atoms with van der Waals surface area (Å²) in [6.45, 7) is 4.97. The molecule has 2 N–H and O–H groups in total. The number of benzene rings is 1. The molecule has 1 aromatic carbocycles. The summed E-state index contributed by atoms with van der Waals surface area (Å²) in [5.74, 6) is 1.79. The van der Waals surface area contributed by atoms with Gasteiger partial charge in [-0.2, -0.15) is 0 Å². The van der Waals surface area contributed by atoms with E-state index in [0.29, 0.717) is 18.6 Å². The lowest BCUT2D eigenvalue weighted by Gasteiger charge is -2.21. The average molecular weight is 508 g/mol. The Balaban J connectivity index is 0.00000300. The molecule has 2 unspecified atom stereocenters. The van der Waals surface area contributed by atoms with Crippen molar-refractivity contribution in [1.82, 2.24) is 20.5 Å². The van der Waals surface area contributed by atoms with E-state index in [0.717, 1.165) is 37.0 Å². The fourth-order valence-corrected chi connectivity index (χ4v) is 3.62. The summed E-state index contributed by atoms with van der Waals surface area (Å²) in [5, 5.41) is 6.98. The summed E-state index contributed by atoms with van der Waals surface area (Å²) >= 11 is 0.